The number of H-pyrrole nitrogens is 1. The van der Waals surface area contributed by atoms with Crippen LogP contribution < -0.4 is 10.2 Å². The Morgan fingerprint density at radius 1 is 1.38 bits per heavy atom. The van der Waals surface area contributed by atoms with Crippen LogP contribution in [0, 0.1) is 3.95 Å². The van der Waals surface area contributed by atoms with E-state index in [1.807, 2.05) is 32.0 Å². The van der Waals surface area contributed by atoms with E-state index in [9.17, 15) is 9.59 Å². The van der Waals surface area contributed by atoms with Crippen LogP contribution in [0.15, 0.2) is 18.2 Å². The predicted octanol–water partition coefficient (Wildman–Crippen LogP) is 4.03. The van der Waals surface area contributed by atoms with Crippen molar-refractivity contribution in [1.29, 1.82) is 0 Å². The average molecular weight is 395 g/mol. The largest absolute Gasteiger partial charge is 0.465 e. The molecule has 0 bridgehead atoms. The van der Waals surface area contributed by atoms with E-state index in [1.54, 1.807) is 4.90 Å². The molecule has 0 spiro atoms. The summed E-state index contributed by atoms with van der Waals surface area (Å²) < 4.78 is 1.73. The number of likely N-dealkylation sites (tertiary alicyclic amines) is 1. The summed E-state index contributed by atoms with van der Waals surface area (Å²) in [5, 5.41) is 12.1. The number of aromatic amines is 1. The number of urea groups is 1. The van der Waals surface area contributed by atoms with Crippen LogP contribution in [0.5, 0.6) is 0 Å². The molecule has 0 unspecified atom stereocenters. The molecule has 140 valence electrons. The maximum absolute atomic E-state index is 12.9. The lowest BCUT2D eigenvalue weighted by molar-refractivity contribution is 0.130. The molecule has 1 aromatic carbocycles. The SMILES string of the molecule is CC(C)N(C(=O)NC1CCN(C(=O)O)CC1)c1ccc2[nH]c(=S)sc2c1. The van der Waals surface area contributed by atoms with Crippen molar-refractivity contribution in [3.05, 3.63) is 22.2 Å². The lowest BCUT2D eigenvalue weighted by Gasteiger charge is -2.33. The van der Waals surface area contributed by atoms with Crippen LogP contribution in [0.25, 0.3) is 10.2 Å². The zero-order valence-electron chi connectivity index (χ0n) is 14.7. The maximum Gasteiger partial charge on any atom is 0.407 e. The third kappa shape index (κ3) is 3.99. The quantitative estimate of drug-likeness (QED) is 0.686. The summed E-state index contributed by atoms with van der Waals surface area (Å²) in [5.41, 5.74) is 1.78. The van der Waals surface area contributed by atoms with Crippen molar-refractivity contribution < 1.29 is 14.7 Å². The Labute approximate surface area is 160 Å². The summed E-state index contributed by atoms with van der Waals surface area (Å²) >= 11 is 6.67. The van der Waals surface area contributed by atoms with E-state index in [0.29, 0.717) is 29.9 Å². The van der Waals surface area contributed by atoms with Gasteiger partial charge in [-0.2, -0.15) is 0 Å². The van der Waals surface area contributed by atoms with E-state index >= 15 is 0 Å². The summed E-state index contributed by atoms with van der Waals surface area (Å²) in [5.74, 6) is 0. The molecular weight excluding hydrogens is 372 g/mol. The molecule has 2 aromatic rings. The van der Waals surface area contributed by atoms with Gasteiger partial charge in [-0.15, -0.1) is 11.3 Å². The minimum atomic E-state index is -0.902. The van der Waals surface area contributed by atoms with Crippen LogP contribution in [0.3, 0.4) is 0 Å². The molecule has 1 aliphatic rings. The molecule has 0 saturated carbocycles. The Hall–Kier alpha value is -2.13. The standard InChI is InChI=1S/C17H22N4O3S2/c1-10(2)21(12-3-4-13-14(9-12)26-16(25)19-13)15(22)18-11-5-7-20(8-6-11)17(23)24/h3-4,9-11H,5-8H2,1-2H3,(H,18,22)(H,19,25)(H,23,24). The number of carbonyl (C=O) groups excluding carboxylic acids is 1. The minimum absolute atomic E-state index is 0.0153. The second-order valence-corrected chi connectivity index (χ2v) is 8.37. The maximum atomic E-state index is 12.9. The van der Waals surface area contributed by atoms with E-state index in [-0.39, 0.29) is 18.1 Å². The van der Waals surface area contributed by atoms with Crippen molar-refractivity contribution in [2.24, 2.45) is 0 Å². The number of fused-ring (bicyclic) bond motifs is 1. The van der Waals surface area contributed by atoms with Gasteiger partial charge in [-0.3, -0.25) is 4.90 Å². The van der Waals surface area contributed by atoms with Gasteiger partial charge in [-0.1, -0.05) is 0 Å². The number of nitrogens with zero attached hydrogens (tertiary/aromatic N) is 2. The number of carboxylic acid groups (broad SMARTS) is 1. The summed E-state index contributed by atoms with van der Waals surface area (Å²) in [7, 11) is 0. The lowest BCUT2D eigenvalue weighted by Crippen LogP contribution is -2.51. The van der Waals surface area contributed by atoms with Crippen LogP contribution >= 0.6 is 23.6 Å². The molecule has 1 fully saturated rings. The van der Waals surface area contributed by atoms with E-state index in [4.69, 9.17) is 17.3 Å². The van der Waals surface area contributed by atoms with E-state index in [0.717, 1.165) is 15.9 Å². The molecule has 0 aliphatic carbocycles. The number of amides is 3. The number of rotatable bonds is 3. The van der Waals surface area contributed by atoms with Crippen LogP contribution in [-0.2, 0) is 0 Å². The van der Waals surface area contributed by atoms with Gasteiger partial charge in [0.2, 0.25) is 0 Å². The molecule has 0 atom stereocenters. The highest BCUT2D eigenvalue weighted by atomic mass is 32.1. The first-order valence-corrected chi connectivity index (χ1v) is 9.78. The number of hydrogen-bond acceptors (Lipinski definition) is 4. The van der Waals surface area contributed by atoms with Gasteiger partial charge in [0.15, 0.2) is 3.95 Å². The molecule has 9 heteroatoms. The van der Waals surface area contributed by atoms with Gasteiger partial charge in [0.25, 0.3) is 0 Å². The van der Waals surface area contributed by atoms with E-state index in [2.05, 4.69) is 10.3 Å². The molecular formula is C17H22N4O3S2. The number of nitrogens with one attached hydrogen (secondary N) is 2. The molecule has 3 rings (SSSR count). The highest BCUT2D eigenvalue weighted by Gasteiger charge is 2.26. The number of piperidine rings is 1. The first kappa shape index (κ1) is 18.7. The number of anilines is 1. The average Bonchev–Trinajstić information content (AvgIpc) is 2.94. The summed E-state index contributed by atoms with van der Waals surface area (Å²) in [4.78, 5) is 30.1. The molecule has 3 N–H and O–H groups in total. The Morgan fingerprint density at radius 3 is 2.69 bits per heavy atom. The smallest absolute Gasteiger partial charge is 0.407 e. The highest BCUT2D eigenvalue weighted by Crippen LogP contribution is 2.27. The topological polar surface area (TPSA) is 88.7 Å². The van der Waals surface area contributed by atoms with Crippen LogP contribution in [0.4, 0.5) is 15.3 Å². The zero-order valence-corrected chi connectivity index (χ0v) is 16.3. The Balaban J connectivity index is 1.73. The Morgan fingerprint density at radius 2 is 2.08 bits per heavy atom. The highest BCUT2D eigenvalue weighted by molar-refractivity contribution is 7.73. The third-order valence-corrected chi connectivity index (χ3v) is 5.71. The van der Waals surface area contributed by atoms with Gasteiger partial charge in [0.1, 0.15) is 0 Å². The van der Waals surface area contributed by atoms with Crippen molar-refractivity contribution >= 4 is 51.6 Å². The zero-order chi connectivity index (χ0) is 18.8. The molecule has 26 heavy (non-hydrogen) atoms. The van der Waals surface area contributed by atoms with Crippen molar-refractivity contribution in [2.75, 3.05) is 18.0 Å². The second kappa shape index (κ2) is 7.63. The third-order valence-electron chi connectivity index (χ3n) is 4.51. The number of aromatic nitrogens is 1. The molecule has 1 aromatic heterocycles. The van der Waals surface area contributed by atoms with Crippen molar-refractivity contribution in [2.45, 2.75) is 38.8 Å². The minimum Gasteiger partial charge on any atom is -0.465 e. The first-order valence-electron chi connectivity index (χ1n) is 8.55. The Kier molecular flexibility index (Phi) is 5.47. The molecule has 7 nitrogen and oxygen atoms in total. The fourth-order valence-electron chi connectivity index (χ4n) is 3.19. The van der Waals surface area contributed by atoms with Gasteiger partial charge < -0.3 is 20.3 Å². The van der Waals surface area contributed by atoms with Gasteiger partial charge >= 0.3 is 12.1 Å². The van der Waals surface area contributed by atoms with Gasteiger partial charge in [0, 0.05) is 30.9 Å². The van der Waals surface area contributed by atoms with Crippen molar-refractivity contribution in [3.63, 3.8) is 0 Å². The lowest BCUT2D eigenvalue weighted by atomic mass is 10.1. The van der Waals surface area contributed by atoms with Crippen molar-refractivity contribution in [3.8, 4) is 0 Å². The van der Waals surface area contributed by atoms with Crippen molar-refractivity contribution in [1.82, 2.24) is 15.2 Å². The molecule has 2 heterocycles. The summed E-state index contributed by atoms with van der Waals surface area (Å²) in [6.45, 7) is 4.83. The fraction of sp³-hybridized carbons (Fsp3) is 0.471. The summed E-state index contributed by atoms with van der Waals surface area (Å²) in [6.07, 6.45) is 0.352. The van der Waals surface area contributed by atoms with Crippen LogP contribution in [0.1, 0.15) is 26.7 Å². The molecule has 0 radical (unpaired) electrons. The van der Waals surface area contributed by atoms with Gasteiger partial charge in [-0.25, -0.2) is 9.59 Å². The van der Waals surface area contributed by atoms with E-state index in [1.165, 1.54) is 16.2 Å². The number of thiazole rings is 1. The molecule has 1 saturated heterocycles. The molecule has 1 aliphatic heterocycles. The van der Waals surface area contributed by atoms with E-state index < -0.39 is 6.09 Å². The normalized spacial score (nSPS) is 15.4. The van der Waals surface area contributed by atoms with Gasteiger partial charge in [0.05, 0.1) is 10.2 Å². The fourth-order valence-corrected chi connectivity index (χ4v) is 4.34. The first-order chi connectivity index (χ1) is 12.3. The Bertz CT molecular complexity index is 868. The molecule has 3 amide bonds. The van der Waals surface area contributed by atoms with Crippen LogP contribution in [-0.4, -0.2) is 52.3 Å². The number of benzene rings is 1. The summed E-state index contributed by atoms with van der Waals surface area (Å²) in [6, 6.07) is 5.62. The number of hydrogen-bond donors (Lipinski definition) is 3. The monoisotopic (exact) mass is 394 g/mol. The second-order valence-electron chi connectivity index (χ2n) is 6.65. The van der Waals surface area contributed by atoms with Gasteiger partial charge in [-0.05, 0) is 57.1 Å². The number of carbonyl (C=O) groups is 2. The van der Waals surface area contributed by atoms with Crippen LogP contribution in [0.2, 0.25) is 0 Å². The predicted molar refractivity (Wildman–Crippen MR) is 106 cm³/mol.